The fraction of sp³-hybridized carbons (Fsp3) is 0.344. The topological polar surface area (TPSA) is 0 Å². The molecule has 0 aliphatic carbocycles. The molecule has 326 valence electrons. The Morgan fingerprint density at radius 1 is 0.188 bits per heavy atom. The summed E-state index contributed by atoms with van der Waals surface area (Å²) in [5.74, 6) is 0. The third-order valence-electron chi connectivity index (χ3n) is 14.6. The molecule has 0 saturated carbocycles. The van der Waals surface area contributed by atoms with Gasteiger partial charge in [-0.15, -0.1) is 0 Å². The summed E-state index contributed by atoms with van der Waals surface area (Å²) in [6, 6.07) is 59.5. The minimum Gasteiger partial charge on any atom is -0.0616 e. The van der Waals surface area contributed by atoms with Crippen LogP contribution in [0.15, 0.2) is 158 Å². The molecule has 0 aliphatic rings. The van der Waals surface area contributed by atoms with Crippen molar-refractivity contribution in [3.8, 4) is 0 Å². The van der Waals surface area contributed by atoms with E-state index in [0.717, 1.165) is 0 Å². The minimum atomic E-state index is 1.18. The van der Waals surface area contributed by atoms with Crippen LogP contribution in [0, 0.1) is 0 Å². The lowest BCUT2D eigenvalue weighted by atomic mass is 9.93. The third kappa shape index (κ3) is 10.9. The highest BCUT2D eigenvalue weighted by atomic mass is 14.1. The van der Waals surface area contributed by atoms with E-state index in [2.05, 4.69) is 158 Å². The van der Waals surface area contributed by atoms with Gasteiger partial charge in [0.15, 0.2) is 0 Å². The number of fused-ring (bicyclic) bond motifs is 6. The van der Waals surface area contributed by atoms with Crippen LogP contribution >= 0.6 is 0 Å². The lowest BCUT2D eigenvalue weighted by Crippen LogP contribution is -1.92. The lowest BCUT2D eigenvalue weighted by Gasteiger charge is -2.12. The summed E-state index contributed by atoms with van der Waals surface area (Å²) in [5, 5.41) is 17.0. The van der Waals surface area contributed by atoms with E-state index in [1.54, 1.807) is 11.1 Å². The average Bonchev–Trinajstić information content (AvgIpc) is 3.33. The van der Waals surface area contributed by atoms with Crippen molar-refractivity contribution in [1.82, 2.24) is 0 Å². The molecule has 0 unspecified atom stereocenters. The molecule has 0 fully saturated rings. The minimum absolute atomic E-state index is 1.18. The Labute approximate surface area is 384 Å². The largest absolute Gasteiger partial charge is 0.0616 e. The van der Waals surface area contributed by atoms with Crippen molar-refractivity contribution < 1.29 is 0 Å². The molecular formula is C64H70. The second-order valence-electron chi connectivity index (χ2n) is 19.1. The Hall–Kier alpha value is -5.46. The maximum atomic E-state index is 2.50. The zero-order chi connectivity index (χ0) is 43.2. The van der Waals surface area contributed by atoms with Crippen molar-refractivity contribution >= 4 is 64.6 Å². The van der Waals surface area contributed by atoms with Crippen LogP contribution in [0.5, 0.6) is 0 Å². The molecule has 0 bridgehead atoms. The van der Waals surface area contributed by atoms with Gasteiger partial charge >= 0.3 is 0 Å². The van der Waals surface area contributed by atoms with Gasteiger partial charge in [-0.05, 0) is 163 Å². The van der Waals surface area contributed by atoms with Crippen LogP contribution in [0.3, 0.4) is 0 Å². The van der Waals surface area contributed by atoms with Crippen molar-refractivity contribution in [3.63, 3.8) is 0 Å². The van der Waals surface area contributed by atoms with Crippen molar-refractivity contribution in [1.29, 1.82) is 0 Å². The van der Waals surface area contributed by atoms with Gasteiger partial charge in [0.2, 0.25) is 0 Å². The Bertz CT molecular complexity index is 2600. The number of rotatable bonds is 24. The molecule has 0 radical (unpaired) electrons. The predicted molar refractivity (Wildman–Crippen MR) is 282 cm³/mol. The van der Waals surface area contributed by atoms with Crippen LogP contribution in [-0.2, 0) is 25.7 Å². The zero-order valence-electron chi connectivity index (χ0n) is 38.6. The van der Waals surface area contributed by atoms with Gasteiger partial charge in [0, 0.05) is 0 Å². The normalized spacial score (nSPS) is 11.9. The molecule has 9 aromatic rings. The fourth-order valence-electron chi connectivity index (χ4n) is 11.1. The summed E-state index contributed by atoms with van der Waals surface area (Å²) in [4.78, 5) is 0. The van der Waals surface area contributed by atoms with Crippen LogP contribution in [0.2, 0.25) is 0 Å². The fourth-order valence-corrected chi connectivity index (χ4v) is 11.1. The van der Waals surface area contributed by atoms with Gasteiger partial charge in [0.05, 0.1) is 0 Å². The van der Waals surface area contributed by atoms with Gasteiger partial charge in [-0.3, -0.25) is 0 Å². The molecule has 0 nitrogen and oxygen atoms in total. The van der Waals surface area contributed by atoms with Crippen LogP contribution < -0.4 is 0 Å². The Balaban J connectivity index is 0.646. The van der Waals surface area contributed by atoms with Gasteiger partial charge in [-0.2, -0.15) is 0 Å². The highest BCUT2D eigenvalue weighted by Crippen LogP contribution is 2.33. The summed E-state index contributed by atoms with van der Waals surface area (Å²) < 4.78 is 0. The van der Waals surface area contributed by atoms with Crippen molar-refractivity contribution in [2.75, 3.05) is 0 Å². The molecule has 0 heterocycles. The molecule has 0 aliphatic heterocycles. The van der Waals surface area contributed by atoms with Crippen molar-refractivity contribution in [3.05, 3.63) is 180 Å². The molecule has 0 saturated heterocycles. The molecule has 9 rings (SSSR count). The molecule has 0 atom stereocenters. The van der Waals surface area contributed by atoms with Crippen LogP contribution in [0.1, 0.15) is 138 Å². The summed E-state index contributed by atoms with van der Waals surface area (Å²) in [6.45, 7) is 0. The first kappa shape index (κ1) is 43.8. The van der Waals surface area contributed by atoms with Gasteiger partial charge in [0.25, 0.3) is 0 Å². The second kappa shape index (κ2) is 22.4. The smallest absolute Gasteiger partial charge is 0.0146 e. The molecule has 0 spiro atoms. The zero-order valence-corrected chi connectivity index (χ0v) is 38.6. The third-order valence-corrected chi connectivity index (χ3v) is 14.6. The first-order valence-electron chi connectivity index (χ1n) is 25.5. The Morgan fingerprint density at radius 2 is 0.438 bits per heavy atom. The Morgan fingerprint density at radius 3 is 0.766 bits per heavy atom. The summed E-state index contributed by atoms with van der Waals surface area (Å²) in [7, 11) is 0. The maximum Gasteiger partial charge on any atom is -0.0146 e. The Kier molecular flexibility index (Phi) is 15.3. The molecule has 64 heavy (non-hydrogen) atoms. The first-order chi connectivity index (χ1) is 31.8. The van der Waals surface area contributed by atoms with E-state index in [1.165, 1.54) is 217 Å². The van der Waals surface area contributed by atoms with E-state index in [9.17, 15) is 0 Å². The molecule has 0 N–H and O–H groups in total. The highest BCUT2D eigenvalue weighted by Gasteiger charge is 2.10. The van der Waals surface area contributed by atoms with Gasteiger partial charge < -0.3 is 0 Å². The summed E-state index contributed by atoms with van der Waals surface area (Å²) in [5.41, 5.74) is 6.15. The molecule has 0 heteroatoms. The predicted octanol–water partition coefficient (Wildman–Crippen LogP) is 19.2. The van der Waals surface area contributed by atoms with E-state index < -0.39 is 0 Å². The molecular weight excluding hydrogens is 769 g/mol. The van der Waals surface area contributed by atoms with Gasteiger partial charge in [0.1, 0.15) is 0 Å². The van der Waals surface area contributed by atoms with E-state index in [4.69, 9.17) is 0 Å². The standard InChI is InChI=1S/C64H70/c1(5-9-13-17-43-61-57-39-23-19-31-51(57)45-52-32-20-24-40-58(52)61)3-7-11-15-29-49-35-27-37-55-48-64-50(36-28-38-56(64)47-63(49)55)30-16-12-8-4-2-6-10-14-18-44-62-59-41-25-21-33-53(59)46-54-34-22-26-42-60(54)62/h19-28,31-42,45-48H,1-18,29-30,43-44H2. The van der Waals surface area contributed by atoms with E-state index in [-0.39, 0.29) is 0 Å². The number of hydrogen-bond donors (Lipinski definition) is 0. The molecule has 0 amide bonds. The van der Waals surface area contributed by atoms with Crippen molar-refractivity contribution in [2.24, 2.45) is 0 Å². The molecule has 9 aromatic carbocycles. The lowest BCUT2D eigenvalue weighted by molar-refractivity contribution is 0.559. The summed E-state index contributed by atoms with van der Waals surface area (Å²) in [6.07, 6.45) is 29.0. The van der Waals surface area contributed by atoms with Gasteiger partial charge in [-0.25, -0.2) is 0 Å². The number of hydrogen-bond acceptors (Lipinski definition) is 0. The van der Waals surface area contributed by atoms with E-state index in [0.29, 0.717) is 0 Å². The van der Waals surface area contributed by atoms with E-state index >= 15 is 0 Å². The quantitative estimate of drug-likeness (QED) is 0.0420. The SMILES string of the molecule is c1cc(CCCCCCCCCCCc2c3ccccc3cc3ccccc23)c2cc3cccc(CCCCCCCCCCCc4c5ccccc5cc5ccccc45)c3cc2c1. The number of unbranched alkanes of at least 4 members (excludes halogenated alkanes) is 16. The average molecular weight is 839 g/mol. The van der Waals surface area contributed by atoms with Crippen LogP contribution in [-0.4, -0.2) is 0 Å². The monoisotopic (exact) mass is 839 g/mol. The first-order valence-corrected chi connectivity index (χ1v) is 25.5. The summed E-state index contributed by atoms with van der Waals surface area (Å²) >= 11 is 0. The highest BCUT2D eigenvalue weighted by molar-refractivity contribution is 6.04. The second-order valence-corrected chi connectivity index (χ2v) is 19.1. The van der Waals surface area contributed by atoms with Gasteiger partial charge in [-0.1, -0.05) is 223 Å². The van der Waals surface area contributed by atoms with Crippen LogP contribution in [0.25, 0.3) is 64.6 Å². The maximum absolute atomic E-state index is 2.50. The van der Waals surface area contributed by atoms with Crippen LogP contribution in [0.4, 0.5) is 0 Å². The number of benzene rings is 9. The van der Waals surface area contributed by atoms with Crippen molar-refractivity contribution in [2.45, 2.75) is 141 Å². The number of aryl methyl sites for hydroxylation is 4. The molecule has 0 aromatic heterocycles. The van der Waals surface area contributed by atoms with E-state index in [1.807, 2.05) is 0 Å².